The maximum absolute atomic E-state index is 12.1. The molecule has 0 unspecified atom stereocenters. The van der Waals surface area contributed by atoms with Gasteiger partial charge < -0.3 is 20.5 Å². The van der Waals surface area contributed by atoms with Crippen molar-refractivity contribution >= 4 is 22.4 Å². The molecule has 0 aliphatic rings. The molecule has 20 heavy (non-hydrogen) atoms. The average molecular weight is 293 g/mol. The number of nitrogen functional groups attached to an aromatic ring is 1. The van der Waals surface area contributed by atoms with Crippen molar-refractivity contribution in [1.82, 2.24) is 9.88 Å². The number of hydrogen-bond acceptors (Lipinski definition) is 6. The molecule has 0 fully saturated rings. The van der Waals surface area contributed by atoms with E-state index in [1.54, 1.807) is 24.6 Å². The summed E-state index contributed by atoms with van der Waals surface area (Å²) in [5, 5.41) is 11.5. The van der Waals surface area contributed by atoms with Gasteiger partial charge >= 0.3 is 0 Å². The van der Waals surface area contributed by atoms with E-state index in [-0.39, 0.29) is 11.7 Å². The van der Waals surface area contributed by atoms with Gasteiger partial charge in [0.05, 0.1) is 7.11 Å². The number of amides is 1. The SMILES string of the molecule is COc1cc(CN(C)C(=O)c2csc(N)n2)ccc1O. The molecule has 6 nitrogen and oxygen atoms in total. The zero-order chi connectivity index (χ0) is 14.7. The van der Waals surface area contributed by atoms with Crippen LogP contribution in [-0.4, -0.2) is 35.1 Å². The second-order valence-corrected chi connectivity index (χ2v) is 5.13. The third-order valence-electron chi connectivity index (χ3n) is 2.75. The summed E-state index contributed by atoms with van der Waals surface area (Å²) in [4.78, 5) is 17.6. The van der Waals surface area contributed by atoms with Crippen molar-refractivity contribution in [1.29, 1.82) is 0 Å². The summed E-state index contributed by atoms with van der Waals surface area (Å²) < 4.78 is 5.03. The number of carbonyl (C=O) groups excluding carboxylic acids is 1. The lowest BCUT2D eigenvalue weighted by molar-refractivity contribution is 0.0780. The lowest BCUT2D eigenvalue weighted by atomic mass is 10.2. The standard InChI is InChI=1S/C13H15N3O3S/c1-16(12(18)9-7-20-13(14)15-9)6-8-3-4-10(17)11(5-8)19-2/h3-5,7,17H,6H2,1-2H3,(H2,14,15). The number of hydrogen-bond donors (Lipinski definition) is 2. The Morgan fingerprint density at radius 3 is 2.90 bits per heavy atom. The molecule has 0 radical (unpaired) electrons. The fourth-order valence-corrected chi connectivity index (χ4v) is 2.28. The van der Waals surface area contributed by atoms with Gasteiger partial charge in [0.25, 0.3) is 5.91 Å². The van der Waals surface area contributed by atoms with Crippen molar-refractivity contribution in [3.8, 4) is 11.5 Å². The first-order valence-electron chi connectivity index (χ1n) is 5.83. The average Bonchev–Trinajstić information content (AvgIpc) is 2.86. The zero-order valence-corrected chi connectivity index (χ0v) is 12.0. The summed E-state index contributed by atoms with van der Waals surface area (Å²) in [6.07, 6.45) is 0. The Morgan fingerprint density at radius 2 is 2.30 bits per heavy atom. The first-order valence-corrected chi connectivity index (χ1v) is 6.71. The highest BCUT2D eigenvalue weighted by Gasteiger charge is 2.15. The number of nitrogens with zero attached hydrogens (tertiary/aromatic N) is 2. The van der Waals surface area contributed by atoms with Crippen molar-refractivity contribution in [2.45, 2.75) is 6.54 Å². The molecule has 2 rings (SSSR count). The van der Waals surface area contributed by atoms with Crippen molar-refractivity contribution < 1.29 is 14.6 Å². The molecule has 0 spiro atoms. The first-order chi connectivity index (χ1) is 9.51. The number of phenolic OH excluding ortho intramolecular Hbond substituents is 1. The Bertz CT molecular complexity index is 627. The number of benzene rings is 1. The summed E-state index contributed by atoms with van der Waals surface area (Å²) in [5.74, 6) is 0.240. The van der Waals surface area contributed by atoms with E-state index in [4.69, 9.17) is 10.5 Å². The first kappa shape index (κ1) is 14.1. The van der Waals surface area contributed by atoms with Crippen LogP contribution in [0.25, 0.3) is 0 Å². The van der Waals surface area contributed by atoms with Gasteiger partial charge in [0.15, 0.2) is 16.6 Å². The Balaban J connectivity index is 2.11. The minimum absolute atomic E-state index is 0.0671. The highest BCUT2D eigenvalue weighted by atomic mass is 32.1. The van der Waals surface area contributed by atoms with Gasteiger partial charge in [-0.05, 0) is 17.7 Å². The summed E-state index contributed by atoms with van der Waals surface area (Å²) >= 11 is 1.23. The summed E-state index contributed by atoms with van der Waals surface area (Å²) in [6, 6.07) is 4.96. The molecule has 0 aliphatic heterocycles. The second-order valence-electron chi connectivity index (χ2n) is 4.24. The molecule has 3 N–H and O–H groups in total. The number of aromatic hydroxyl groups is 1. The predicted octanol–water partition coefficient (Wildman–Crippen LogP) is 1.71. The van der Waals surface area contributed by atoms with Crippen LogP contribution in [0.3, 0.4) is 0 Å². The monoisotopic (exact) mass is 293 g/mol. The van der Waals surface area contributed by atoms with Crippen molar-refractivity contribution in [3.63, 3.8) is 0 Å². The minimum Gasteiger partial charge on any atom is -0.504 e. The summed E-state index contributed by atoms with van der Waals surface area (Å²) in [7, 11) is 3.16. The number of nitrogens with two attached hydrogens (primary N) is 1. The normalized spacial score (nSPS) is 10.3. The predicted molar refractivity (Wildman–Crippen MR) is 77.0 cm³/mol. The quantitative estimate of drug-likeness (QED) is 0.896. The van der Waals surface area contributed by atoms with Crippen LogP contribution < -0.4 is 10.5 Å². The molecule has 1 aromatic heterocycles. The zero-order valence-electron chi connectivity index (χ0n) is 11.2. The van der Waals surface area contributed by atoms with E-state index >= 15 is 0 Å². The number of anilines is 1. The summed E-state index contributed by atoms with van der Waals surface area (Å²) in [6.45, 7) is 0.382. The maximum atomic E-state index is 12.1. The number of aromatic nitrogens is 1. The van der Waals surface area contributed by atoms with Crippen LogP contribution in [-0.2, 0) is 6.54 Å². The number of carbonyl (C=O) groups is 1. The van der Waals surface area contributed by atoms with E-state index < -0.39 is 0 Å². The van der Waals surface area contributed by atoms with Crippen molar-refractivity contribution in [2.75, 3.05) is 19.9 Å². The molecule has 0 aliphatic carbocycles. The van der Waals surface area contributed by atoms with Crippen LogP contribution in [0.2, 0.25) is 0 Å². The van der Waals surface area contributed by atoms with Crippen molar-refractivity contribution in [3.05, 3.63) is 34.8 Å². The van der Waals surface area contributed by atoms with Crippen LogP contribution in [0.1, 0.15) is 16.1 Å². The Kier molecular flexibility index (Phi) is 4.09. The van der Waals surface area contributed by atoms with E-state index in [9.17, 15) is 9.90 Å². The lowest BCUT2D eigenvalue weighted by Gasteiger charge is -2.16. The van der Waals surface area contributed by atoms with Gasteiger partial charge in [-0.15, -0.1) is 11.3 Å². The van der Waals surface area contributed by atoms with Crippen molar-refractivity contribution in [2.24, 2.45) is 0 Å². The van der Waals surface area contributed by atoms with E-state index in [2.05, 4.69) is 4.98 Å². The highest BCUT2D eigenvalue weighted by molar-refractivity contribution is 7.13. The maximum Gasteiger partial charge on any atom is 0.273 e. The number of thiazole rings is 1. The molecule has 0 bridgehead atoms. The molecule has 1 amide bonds. The number of phenols is 1. The lowest BCUT2D eigenvalue weighted by Crippen LogP contribution is -2.26. The number of methoxy groups -OCH3 is 1. The van der Waals surface area contributed by atoms with Gasteiger partial charge in [0.1, 0.15) is 5.69 Å². The van der Waals surface area contributed by atoms with E-state index in [0.717, 1.165) is 5.56 Å². The molecule has 0 saturated heterocycles. The van der Waals surface area contributed by atoms with Gasteiger partial charge in [-0.2, -0.15) is 0 Å². The van der Waals surface area contributed by atoms with E-state index in [1.807, 2.05) is 0 Å². The van der Waals surface area contributed by atoms with Crippen LogP contribution in [0.15, 0.2) is 23.6 Å². The Labute approximate surface area is 120 Å². The Morgan fingerprint density at radius 1 is 1.55 bits per heavy atom. The third-order valence-corrected chi connectivity index (χ3v) is 3.43. The number of ether oxygens (including phenoxy) is 1. The largest absolute Gasteiger partial charge is 0.504 e. The topological polar surface area (TPSA) is 88.7 Å². The van der Waals surface area contributed by atoms with Crippen LogP contribution in [0.4, 0.5) is 5.13 Å². The van der Waals surface area contributed by atoms with E-state index in [0.29, 0.717) is 23.1 Å². The van der Waals surface area contributed by atoms with Gasteiger partial charge in [0.2, 0.25) is 0 Å². The van der Waals surface area contributed by atoms with Crippen LogP contribution >= 0.6 is 11.3 Å². The summed E-state index contributed by atoms with van der Waals surface area (Å²) in [5.41, 5.74) is 6.70. The molecule has 106 valence electrons. The number of rotatable bonds is 4. The van der Waals surface area contributed by atoms with Gasteiger partial charge in [-0.3, -0.25) is 4.79 Å². The molecule has 2 aromatic rings. The highest BCUT2D eigenvalue weighted by Crippen LogP contribution is 2.26. The fraction of sp³-hybridized carbons (Fsp3) is 0.231. The minimum atomic E-state index is -0.204. The van der Waals surface area contributed by atoms with Crippen LogP contribution in [0.5, 0.6) is 11.5 Å². The molecule has 0 atom stereocenters. The molecule has 0 saturated carbocycles. The smallest absolute Gasteiger partial charge is 0.273 e. The molecule has 1 heterocycles. The van der Waals surface area contributed by atoms with Crippen LogP contribution in [0, 0.1) is 0 Å². The van der Waals surface area contributed by atoms with Gasteiger partial charge in [0, 0.05) is 19.0 Å². The second kappa shape index (κ2) is 5.79. The molecule has 1 aromatic carbocycles. The van der Waals surface area contributed by atoms with E-state index in [1.165, 1.54) is 29.4 Å². The fourth-order valence-electron chi connectivity index (χ4n) is 1.75. The van der Waals surface area contributed by atoms with Gasteiger partial charge in [-0.25, -0.2) is 4.98 Å². The molecular weight excluding hydrogens is 278 g/mol. The molecular formula is C13H15N3O3S. The molecule has 7 heteroatoms. The third kappa shape index (κ3) is 3.00. The van der Waals surface area contributed by atoms with Gasteiger partial charge in [-0.1, -0.05) is 6.07 Å². The Hall–Kier alpha value is -2.28.